The summed E-state index contributed by atoms with van der Waals surface area (Å²) in [6, 6.07) is 8.37. The first kappa shape index (κ1) is 15.8. The van der Waals surface area contributed by atoms with Crippen LogP contribution in [0.2, 0.25) is 0 Å². The maximum absolute atomic E-state index is 12.6. The molecule has 1 aromatic heterocycles. The van der Waals surface area contributed by atoms with Crippen LogP contribution in [-0.4, -0.2) is 27.7 Å². The minimum absolute atomic E-state index is 0.154. The summed E-state index contributed by atoms with van der Waals surface area (Å²) in [4.78, 5) is 0.664. The number of aliphatic hydroxyl groups is 1. The Morgan fingerprint density at radius 2 is 1.90 bits per heavy atom. The van der Waals surface area contributed by atoms with Crippen molar-refractivity contribution in [2.24, 2.45) is 0 Å². The fourth-order valence-corrected chi connectivity index (χ4v) is 4.65. The molecule has 0 aliphatic rings. The van der Waals surface area contributed by atoms with Crippen LogP contribution in [0.4, 0.5) is 5.69 Å². The van der Waals surface area contributed by atoms with E-state index in [1.54, 1.807) is 44.4 Å². The second kappa shape index (κ2) is 6.05. The highest BCUT2D eigenvalue weighted by Gasteiger charge is 2.24. The molecule has 114 valence electrons. The van der Waals surface area contributed by atoms with E-state index in [1.807, 2.05) is 0 Å². The number of sulfonamides is 1. The molecule has 0 aliphatic heterocycles. The summed E-state index contributed by atoms with van der Waals surface area (Å²) in [7, 11) is -0.563. The summed E-state index contributed by atoms with van der Waals surface area (Å²) in [6.45, 7) is 1.63. The van der Waals surface area contributed by atoms with Gasteiger partial charge in [-0.15, -0.1) is 11.3 Å². The Bertz CT molecular complexity index is 720. The van der Waals surface area contributed by atoms with Gasteiger partial charge in [-0.05, 0) is 42.8 Å². The average Bonchev–Trinajstić information content (AvgIpc) is 2.88. The fraction of sp³-hybridized carbons (Fsp3) is 0.286. The molecule has 1 N–H and O–H groups in total. The molecule has 0 radical (unpaired) electrons. The number of nitrogens with zero attached hydrogens (tertiary/aromatic N) is 1. The van der Waals surface area contributed by atoms with Crippen LogP contribution in [0.25, 0.3) is 0 Å². The number of ether oxygens (including phenoxy) is 1. The molecule has 1 aromatic carbocycles. The van der Waals surface area contributed by atoms with E-state index in [0.29, 0.717) is 16.3 Å². The summed E-state index contributed by atoms with van der Waals surface area (Å²) < 4.78 is 31.7. The number of rotatable bonds is 5. The number of thiophene rings is 1. The first-order chi connectivity index (χ1) is 9.90. The molecule has 7 heteroatoms. The third kappa shape index (κ3) is 3.04. The van der Waals surface area contributed by atoms with Crippen molar-refractivity contribution in [2.75, 3.05) is 18.5 Å². The monoisotopic (exact) mass is 327 g/mol. The lowest BCUT2D eigenvalue weighted by Crippen LogP contribution is -2.25. The van der Waals surface area contributed by atoms with Crippen LogP contribution in [0.5, 0.6) is 5.75 Å². The minimum atomic E-state index is -3.62. The quantitative estimate of drug-likeness (QED) is 0.915. The summed E-state index contributed by atoms with van der Waals surface area (Å²) >= 11 is 1.09. The van der Waals surface area contributed by atoms with Crippen molar-refractivity contribution in [3.63, 3.8) is 0 Å². The van der Waals surface area contributed by atoms with Gasteiger partial charge in [-0.25, -0.2) is 8.42 Å². The van der Waals surface area contributed by atoms with Crippen molar-refractivity contribution < 1.29 is 18.3 Å². The lowest BCUT2D eigenvalue weighted by Gasteiger charge is -2.18. The van der Waals surface area contributed by atoms with Gasteiger partial charge >= 0.3 is 0 Å². The van der Waals surface area contributed by atoms with Crippen LogP contribution in [0, 0.1) is 6.92 Å². The second-order valence-corrected chi connectivity index (χ2v) is 7.83. The van der Waals surface area contributed by atoms with Gasteiger partial charge in [0, 0.05) is 11.9 Å². The fourth-order valence-electron chi connectivity index (χ4n) is 1.84. The molecular weight excluding hydrogens is 310 g/mol. The van der Waals surface area contributed by atoms with Gasteiger partial charge in [-0.2, -0.15) is 0 Å². The molecule has 0 amide bonds. The third-order valence-electron chi connectivity index (χ3n) is 3.19. The van der Waals surface area contributed by atoms with Crippen molar-refractivity contribution in [3.05, 3.63) is 40.8 Å². The topological polar surface area (TPSA) is 66.8 Å². The van der Waals surface area contributed by atoms with E-state index in [0.717, 1.165) is 16.9 Å². The zero-order valence-corrected chi connectivity index (χ0v) is 13.7. The van der Waals surface area contributed by atoms with Crippen LogP contribution in [0.3, 0.4) is 0 Å². The van der Waals surface area contributed by atoms with E-state index in [4.69, 9.17) is 4.74 Å². The molecule has 0 bridgehead atoms. The average molecular weight is 327 g/mol. The number of hydrogen-bond acceptors (Lipinski definition) is 5. The van der Waals surface area contributed by atoms with E-state index in [9.17, 15) is 13.5 Å². The predicted molar refractivity (Wildman–Crippen MR) is 83.6 cm³/mol. The third-order valence-corrected chi connectivity index (χ3v) is 6.65. The lowest BCUT2D eigenvalue weighted by atomic mass is 10.3. The van der Waals surface area contributed by atoms with E-state index in [1.165, 1.54) is 11.4 Å². The van der Waals surface area contributed by atoms with Crippen molar-refractivity contribution in [2.45, 2.75) is 17.7 Å². The summed E-state index contributed by atoms with van der Waals surface area (Å²) in [6.07, 6.45) is 0. The highest BCUT2D eigenvalue weighted by molar-refractivity contribution is 7.94. The zero-order chi connectivity index (χ0) is 15.6. The number of anilines is 1. The second-order valence-electron chi connectivity index (χ2n) is 4.50. The van der Waals surface area contributed by atoms with Crippen molar-refractivity contribution in [1.29, 1.82) is 0 Å². The Balaban J connectivity index is 2.36. The van der Waals surface area contributed by atoms with Gasteiger partial charge in [-0.3, -0.25) is 4.31 Å². The van der Waals surface area contributed by atoms with Gasteiger partial charge in [0.25, 0.3) is 10.0 Å². The van der Waals surface area contributed by atoms with Crippen LogP contribution < -0.4 is 9.04 Å². The van der Waals surface area contributed by atoms with Gasteiger partial charge in [-0.1, -0.05) is 0 Å². The van der Waals surface area contributed by atoms with Gasteiger partial charge in [0.2, 0.25) is 0 Å². The highest BCUT2D eigenvalue weighted by Crippen LogP contribution is 2.30. The van der Waals surface area contributed by atoms with Crippen molar-refractivity contribution in [1.82, 2.24) is 0 Å². The molecule has 0 spiro atoms. The molecule has 0 saturated carbocycles. The number of benzene rings is 1. The van der Waals surface area contributed by atoms with Crippen molar-refractivity contribution >= 4 is 27.0 Å². The van der Waals surface area contributed by atoms with E-state index in [2.05, 4.69) is 0 Å². The van der Waals surface area contributed by atoms with Gasteiger partial charge in [0.15, 0.2) is 0 Å². The van der Waals surface area contributed by atoms with Crippen LogP contribution in [0.1, 0.15) is 10.4 Å². The molecule has 1 heterocycles. The van der Waals surface area contributed by atoms with Gasteiger partial charge in [0.1, 0.15) is 9.96 Å². The molecular formula is C14H17NO4S2. The van der Waals surface area contributed by atoms with Crippen LogP contribution in [0.15, 0.2) is 34.5 Å². The highest BCUT2D eigenvalue weighted by atomic mass is 32.2. The molecule has 0 aliphatic carbocycles. The molecule has 2 aromatic rings. The van der Waals surface area contributed by atoms with Crippen LogP contribution >= 0.6 is 11.3 Å². The Morgan fingerprint density at radius 3 is 2.38 bits per heavy atom. The molecule has 5 nitrogen and oxygen atoms in total. The summed E-state index contributed by atoms with van der Waals surface area (Å²) in [5, 5.41) is 9.20. The first-order valence-electron chi connectivity index (χ1n) is 6.23. The lowest BCUT2D eigenvalue weighted by molar-refractivity contribution is 0.285. The van der Waals surface area contributed by atoms with Gasteiger partial charge < -0.3 is 9.84 Å². The van der Waals surface area contributed by atoms with Crippen LogP contribution in [-0.2, 0) is 16.6 Å². The number of aryl methyl sites for hydroxylation is 1. The smallest absolute Gasteiger partial charge is 0.273 e. The maximum Gasteiger partial charge on any atom is 0.273 e. The van der Waals surface area contributed by atoms with E-state index in [-0.39, 0.29) is 10.8 Å². The SMILES string of the molecule is COc1ccc(N(C)S(=O)(=O)c2cc(C)c(CO)s2)cc1. The Labute approximate surface area is 128 Å². The standard InChI is InChI=1S/C14H17NO4S2/c1-10-8-14(20-13(10)9-16)21(17,18)15(2)11-4-6-12(19-3)7-5-11/h4-8,16H,9H2,1-3H3. The number of hydrogen-bond donors (Lipinski definition) is 1. The molecule has 0 atom stereocenters. The molecule has 0 saturated heterocycles. The van der Waals surface area contributed by atoms with Gasteiger partial charge in [0.05, 0.1) is 19.4 Å². The maximum atomic E-state index is 12.6. The molecule has 2 rings (SSSR count). The normalized spacial score (nSPS) is 11.4. The van der Waals surface area contributed by atoms with E-state index >= 15 is 0 Å². The Hall–Kier alpha value is -1.57. The molecule has 0 fully saturated rings. The number of methoxy groups -OCH3 is 1. The molecule has 0 unspecified atom stereocenters. The minimum Gasteiger partial charge on any atom is -0.497 e. The first-order valence-corrected chi connectivity index (χ1v) is 8.49. The Morgan fingerprint density at radius 1 is 1.29 bits per heavy atom. The largest absolute Gasteiger partial charge is 0.497 e. The zero-order valence-electron chi connectivity index (χ0n) is 12.0. The summed E-state index contributed by atoms with van der Waals surface area (Å²) in [5.74, 6) is 0.666. The number of aliphatic hydroxyl groups excluding tert-OH is 1. The Kier molecular flexibility index (Phi) is 4.55. The van der Waals surface area contributed by atoms with Crippen molar-refractivity contribution in [3.8, 4) is 5.75 Å². The predicted octanol–water partition coefficient (Wildman–Crippen LogP) is 2.38. The molecule has 21 heavy (non-hydrogen) atoms. The van der Waals surface area contributed by atoms with E-state index < -0.39 is 10.0 Å². The summed E-state index contributed by atoms with van der Waals surface area (Å²) in [5.41, 5.74) is 1.33.